The van der Waals surface area contributed by atoms with Crippen LogP contribution >= 0.6 is 0 Å². The van der Waals surface area contributed by atoms with E-state index in [1.165, 1.54) is 19.3 Å². The standard InChI is InChI=1S/C37H70N4O8/c1-22-4-7-26(12-25-10-11-40-36(38)14-25)30(41-22)20-47-35-16-27(15-34(46-3)37(35)45)32-18-28(43)17-29(49-32)8-5-24-6-9-31(44)33(13-24)48-21-39-19-23(2)42/h22-37,39-45H,4-21,38H2,1-3H3/t22-,23+,24?,25?,26-,27?,28+,29+,30-,31?,32-,33?,34?,35?,36?,37?/m1/s1. The number of methoxy groups -OCH3 is 1. The average Bonchev–Trinajstić information content (AvgIpc) is 3.07. The number of hydrogen-bond acceptors (Lipinski definition) is 12. The van der Waals surface area contributed by atoms with Gasteiger partial charge in [0.15, 0.2) is 0 Å². The Labute approximate surface area is 294 Å². The Morgan fingerprint density at radius 1 is 0.898 bits per heavy atom. The van der Waals surface area contributed by atoms with E-state index in [1.807, 2.05) is 0 Å². The monoisotopic (exact) mass is 699 g/mol. The van der Waals surface area contributed by atoms with Crippen LogP contribution in [0.5, 0.6) is 0 Å². The summed E-state index contributed by atoms with van der Waals surface area (Å²) in [5.41, 5.74) is 6.22. The number of aliphatic hydroxyl groups is 4. The van der Waals surface area contributed by atoms with E-state index in [9.17, 15) is 20.4 Å². The summed E-state index contributed by atoms with van der Waals surface area (Å²) in [5, 5.41) is 52.5. The first kappa shape index (κ1) is 39.7. The molecule has 2 aliphatic carbocycles. The average molecular weight is 699 g/mol. The van der Waals surface area contributed by atoms with Crippen LogP contribution in [0, 0.1) is 23.7 Å². The Bertz CT molecular complexity index is 952. The third-order valence-corrected chi connectivity index (χ3v) is 12.4. The summed E-state index contributed by atoms with van der Waals surface area (Å²) >= 11 is 0. The van der Waals surface area contributed by atoms with E-state index in [0.29, 0.717) is 69.4 Å². The highest BCUT2D eigenvalue weighted by Gasteiger charge is 2.44. The number of nitrogens with one attached hydrogen (secondary N) is 3. The van der Waals surface area contributed by atoms with Gasteiger partial charge in [0.2, 0.25) is 0 Å². The molecule has 5 rings (SSSR count). The van der Waals surface area contributed by atoms with Gasteiger partial charge in [-0.15, -0.1) is 0 Å². The fourth-order valence-electron chi connectivity index (χ4n) is 9.54. The van der Waals surface area contributed by atoms with Crippen molar-refractivity contribution in [1.29, 1.82) is 0 Å². The van der Waals surface area contributed by atoms with Crippen LogP contribution in [-0.2, 0) is 18.9 Å². The highest BCUT2D eigenvalue weighted by Crippen LogP contribution is 2.39. The zero-order valence-electron chi connectivity index (χ0n) is 30.5. The molecule has 286 valence electrons. The Hall–Kier alpha value is -0.480. The zero-order chi connectivity index (χ0) is 34.9. The maximum Gasteiger partial charge on any atom is 0.106 e. The molecule has 12 nitrogen and oxygen atoms in total. The van der Waals surface area contributed by atoms with Gasteiger partial charge in [-0.1, -0.05) is 0 Å². The first-order chi connectivity index (χ1) is 23.6. The van der Waals surface area contributed by atoms with Gasteiger partial charge in [0.1, 0.15) is 6.10 Å². The van der Waals surface area contributed by atoms with Crippen LogP contribution in [0.15, 0.2) is 0 Å². The molecule has 2 saturated carbocycles. The van der Waals surface area contributed by atoms with Crippen molar-refractivity contribution < 1.29 is 39.4 Å². The summed E-state index contributed by atoms with van der Waals surface area (Å²) in [6.07, 6.45) is 9.60. The van der Waals surface area contributed by atoms with Crippen LogP contribution in [0.3, 0.4) is 0 Å². The minimum atomic E-state index is -0.702. The molecule has 5 aliphatic rings. The first-order valence-corrected chi connectivity index (χ1v) is 19.7. The molecule has 0 aromatic heterocycles. The normalized spacial score (nSPS) is 44.4. The van der Waals surface area contributed by atoms with Gasteiger partial charge in [-0.25, -0.2) is 0 Å². The minimum absolute atomic E-state index is 0.0309. The number of ether oxygens (including phenoxy) is 4. The third-order valence-electron chi connectivity index (χ3n) is 12.4. The lowest BCUT2D eigenvalue weighted by molar-refractivity contribution is -0.179. The van der Waals surface area contributed by atoms with Gasteiger partial charge in [0, 0.05) is 25.7 Å². The van der Waals surface area contributed by atoms with Gasteiger partial charge in [-0.05, 0) is 134 Å². The predicted octanol–water partition coefficient (Wildman–Crippen LogP) is 1.75. The molecule has 0 aromatic rings. The summed E-state index contributed by atoms with van der Waals surface area (Å²) in [6, 6.07) is 0.687. The maximum atomic E-state index is 11.3. The second-order valence-electron chi connectivity index (χ2n) is 16.5. The van der Waals surface area contributed by atoms with E-state index in [0.717, 1.165) is 51.5 Å². The van der Waals surface area contributed by atoms with Crippen LogP contribution in [-0.4, -0.2) is 127 Å². The van der Waals surface area contributed by atoms with Crippen molar-refractivity contribution in [2.75, 3.05) is 33.5 Å². The van der Waals surface area contributed by atoms with Crippen molar-refractivity contribution in [3.8, 4) is 0 Å². The highest BCUT2D eigenvalue weighted by atomic mass is 16.5. The molecule has 0 bridgehead atoms. The quantitative estimate of drug-likeness (QED) is 0.0919. The molecule has 0 spiro atoms. The van der Waals surface area contributed by atoms with Crippen molar-refractivity contribution >= 4 is 0 Å². The van der Waals surface area contributed by atoms with Crippen molar-refractivity contribution in [2.45, 2.75) is 177 Å². The zero-order valence-corrected chi connectivity index (χ0v) is 30.5. The van der Waals surface area contributed by atoms with Gasteiger partial charge in [-0.2, -0.15) is 0 Å². The molecule has 0 amide bonds. The summed E-state index contributed by atoms with van der Waals surface area (Å²) < 4.78 is 25.1. The van der Waals surface area contributed by atoms with Crippen molar-refractivity contribution in [2.24, 2.45) is 29.4 Å². The van der Waals surface area contributed by atoms with Crippen molar-refractivity contribution in [3.05, 3.63) is 0 Å². The largest absolute Gasteiger partial charge is 0.393 e. The molecule has 9 unspecified atom stereocenters. The van der Waals surface area contributed by atoms with E-state index in [-0.39, 0.29) is 48.6 Å². The van der Waals surface area contributed by atoms with Crippen LogP contribution in [0.2, 0.25) is 0 Å². The number of piperidine rings is 2. The van der Waals surface area contributed by atoms with Crippen LogP contribution in [0.4, 0.5) is 0 Å². The fraction of sp³-hybridized carbons (Fsp3) is 1.00. The first-order valence-electron chi connectivity index (χ1n) is 19.7. The molecule has 5 fully saturated rings. The van der Waals surface area contributed by atoms with Crippen LogP contribution in [0.25, 0.3) is 0 Å². The summed E-state index contributed by atoms with van der Waals surface area (Å²) in [4.78, 5) is 0. The van der Waals surface area contributed by atoms with Gasteiger partial charge in [0.25, 0.3) is 0 Å². The topological polar surface area (TPSA) is 180 Å². The maximum absolute atomic E-state index is 11.3. The lowest BCUT2D eigenvalue weighted by Crippen LogP contribution is -2.54. The lowest BCUT2D eigenvalue weighted by atomic mass is 9.76. The molecule has 0 radical (unpaired) electrons. The third kappa shape index (κ3) is 12.0. The van der Waals surface area contributed by atoms with E-state index in [4.69, 9.17) is 24.7 Å². The van der Waals surface area contributed by atoms with Crippen LogP contribution < -0.4 is 21.7 Å². The molecule has 3 heterocycles. The summed E-state index contributed by atoms with van der Waals surface area (Å²) in [7, 11) is 1.66. The summed E-state index contributed by atoms with van der Waals surface area (Å²) in [6.45, 7) is 6.30. The van der Waals surface area contributed by atoms with Crippen molar-refractivity contribution in [1.82, 2.24) is 16.0 Å². The van der Waals surface area contributed by atoms with Crippen LogP contribution in [0.1, 0.15) is 104 Å². The smallest absolute Gasteiger partial charge is 0.106 e. The van der Waals surface area contributed by atoms with Gasteiger partial charge >= 0.3 is 0 Å². The number of aliphatic hydroxyl groups excluding tert-OH is 4. The molecular formula is C37H70N4O8. The second kappa shape index (κ2) is 19.6. The number of rotatable bonds is 15. The second-order valence-corrected chi connectivity index (χ2v) is 16.5. The van der Waals surface area contributed by atoms with Gasteiger partial charge in [0.05, 0.1) is 68.3 Å². The SMILES string of the molecule is COC1CC([C@H]2C[C@@H](O)C[C@H](CCC3CCC(O)C(OCNC[C@H](C)O)C3)O2)CC(OC[C@H]2N[C@H](C)CC[C@@H]2CC2CCNC(N)C2)C1O. The molecule has 9 N–H and O–H groups in total. The number of hydrogen-bond donors (Lipinski definition) is 8. The Kier molecular flexibility index (Phi) is 15.9. The van der Waals surface area contributed by atoms with E-state index in [1.54, 1.807) is 14.0 Å². The van der Waals surface area contributed by atoms with Gasteiger partial charge in [-0.3, -0.25) is 5.32 Å². The Morgan fingerprint density at radius 3 is 2.49 bits per heavy atom. The number of nitrogens with two attached hydrogens (primary N) is 1. The molecule has 49 heavy (non-hydrogen) atoms. The van der Waals surface area contributed by atoms with E-state index < -0.39 is 24.4 Å². The molecule has 3 saturated heterocycles. The predicted molar refractivity (Wildman–Crippen MR) is 188 cm³/mol. The molecule has 3 aliphatic heterocycles. The Balaban J connectivity index is 1.12. The molecular weight excluding hydrogens is 628 g/mol. The Morgan fingerprint density at radius 2 is 1.71 bits per heavy atom. The minimum Gasteiger partial charge on any atom is -0.393 e. The van der Waals surface area contributed by atoms with E-state index in [2.05, 4.69) is 22.9 Å². The van der Waals surface area contributed by atoms with Gasteiger partial charge < -0.3 is 55.7 Å². The molecule has 0 aromatic carbocycles. The highest BCUT2D eigenvalue weighted by molar-refractivity contribution is 4.95. The molecule has 16 atom stereocenters. The van der Waals surface area contributed by atoms with E-state index >= 15 is 0 Å². The fourth-order valence-corrected chi connectivity index (χ4v) is 9.54. The molecule has 12 heteroatoms. The lowest BCUT2D eigenvalue weighted by Gasteiger charge is -2.45. The van der Waals surface area contributed by atoms with Crippen molar-refractivity contribution in [3.63, 3.8) is 0 Å². The summed E-state index contributed by atoms with van der Waals surface area (Å²) in [5.74, 6) is 1.71.